The number of carbonyl (C=O) groups excluding carboxylic acids is 1. The van der Waals surface area contributed by atoms with Gasteiger partial charge in [-0.05, 0) is 41.8 Å². The molecule has 0 spiro atoms. The molecule has 3 rings (SSSR count). The quantitative estimate of drug-likeness (QED) is 0.674. The maximum atomic E-state index is 12.1. The van der Waals surface area contributed by atoms with Gasteiger partial charge in [0.05, 0.1) is 0 Å². The summed E-state index contributed by atoms with van der Waals surface area (Å²) in [4.78, 5) is 12.1. The van der Waals surface area contributed by atoms with E-state index < -0.39 is 0 Å². The Balaban J connectivity index is 1.44. The molecule has 0 bridgehead atoms. The van der Waals surface area contributed by atoms with Gasteiger partial charge in [0.25, 0.3) is 0 Å². The monoisotopic (exact) mass is 332 g/mol. The molecule has 1 atom stereocenters. The van der Waals surface area contributed by atoms with Crippen molar-refractivity contribution in [2.45, 2.75) is 25.8 Å². The van der Waals surface area contributed by atoms with Crippen molar-refractivity contribution in [1.29, 1.82) is 0 Å². The van der Waals surface area contributed by atoms with Crippen molar-refractivity contribution in [3.63, 3.8) is 0 Å². The van der Waals surface area contributed by atoms with Crippen molar-refractivity contribution in [2.75, 3.05) is 11.9 Å². The van der Waals surface area contributed by atoms with Gasteiger partial charge in [-0.3, -0.25) is 4.79 Å². The Kier molecular flexibility index (Phi) is 5.81. The summed E-state index contributed by atoms with van der Waals surface area (Å²) < 4.78 is 0. The van der Waals surface area contributed by atoms with Crippen molar-refractivity contribution >= 4 is 22.4 Å². The number of carbonyl (C=O) groups is 1. The van der Waals surface area contributed by atoms with Gasteiger partial charge in [0.15, 0.2) is 0 Å². The lowest BCUT2D eigenvalue weighted by Crippen LogP contribution is -2.31. The summed E-state index contributed by atoms with van der Waals surface area (Å²) in [5, 5.41) is 8.71. The molecule has 0 aromatic heterocycles. The molecule has 128 valence electrons. The van der Waals surface area contributed by atoms with Gasteiger partial charge in [-0.1, -0.05) is 60.7 Å². The molecule has 0 aliphatic rings. The van der Waals surface area contributed by atoms with Crippen molar-refractivity contribution in [2.24, 2.45) is 0 Å². The maximum absolute atomic E-state index is 12.1. The number of rotatable bonds is 7. The highest BCUT2D eigenvalue weighted by molar-refractivity contribution is 5.94. The smallest absolute Gasteiger partial charge is 0.225 e. The summed E-state index contributed by atoms with van der Waals surface area (Å²) >= 11 is 0. The number of nitrogens with one attached hydrogen (secondary N) is 2. The minimum atomic E-state index is 0.0368. The predicted molar refractivity (Wildman–Crippen MR) is 105 cm³/mol. The fourth-order valence-corrected chi connectivity index (χ4v) is 2.96. The standard InChI is InChI=1S/C22H24N2O/c1-17(15-18-7-3-2-4-8-18)23-14-13-22(25)24-21-12-11-19-9-5-6-10-20(19)16-21/h2-12,16-17,23H,13-15H2,1H3,(H,24,25). The molecule has 1 unspecified atom stereocenters. The van der Waals surface area contributed by atoms with E-state index in [1.807, 2.05) is 36.4 Å². The third-order valence-electron chi connectivity index (χ3n) is 4.26. The van der Waals surface area contributed by atoms with Crippen LogP contribution in [0.1, 0.15) is 18.9 Å². The first-order valence-corrected chi connectivity index (χ1v) is 8.77. The van der Waals surface area contributed by atoms with Gasteiger partial charge in [0.2, 0.25) is 5.91 Å². The second-order valence-corrected chi connectivity index (χ2v) is 6.41. The molecule has 0 saturated heterocycles. The molecule has 3 nitrogen and oxygen atoms in total. The molecule has 2 N–H and O–H groups in total. The van der Waals surface area contributed by atoms with Crippen LogP contribution in [0.4, 0.5) is 5.69 Å². The van der Waals surface area contributed by atoms with Gasteiger partial charge in [-0.2, -0.15) is 0 Å². The lowest BCUT2D eigenvalue weighted by atomic mass is 10.1. The summed E-state index contributed by atoms with van der Waals surface area (Å²) in [5.74, 6) is 0.0368. The van der Waals surface area contributed by atoms with Gasteiger partial charge in [-0.15, -0.1) is 0 Å². The first kappa shape index (κ1) is 17.2. The van der Waals surface area contributed by atoms with E-state index in [0.29, 0.717) is 19.0 Å². The first-order valence-electron chi connectivity index (χ1n) is 8.77. The fraction of sp³-hybridized carbons (Fsp3) is 0.227. The number of hydrogen-bond acceptors (Lipinski definition) is 2. The first-order chi connectivity index (χ1) is 12.2. The Labute approximate surface area is 149 Å². The lowest BCUT2D eigenvalue weighted by Gasteiger charge is -2.14. The van der Waals surface area contributed by atoms with Crippen LogP contribution in [0.3, 0.4) is 0 Å². The maximum Gasteiger partial charge on any atom is 0.225 e. The minimum absolute atomic E-state index is 0.0368. The molecule has 0 radical (unpaired) electrons. The molecule has 25 heavy (non-hydrogen) atoms. The summed E-state index contributed by atoms with van der Waals surface area (Å²) in [5.41, 5.74) is 2.16. The van der Waals surface area contributed by atoms with Crippen LogP contribution in [0.2, 0.25) is 0 Å². The number of amides is 1. The van der Waals surface area contributed by atoms with E-state index in [1.54, 1.807) is 0 Å². The number of hydrogen-bond donors (Lipinski definition) is 2. The van der Waals surface area contributed by atoms with E-state index in [0.717, 1.165) is 17.5 Å². The van der Waals surface area contributed by atoms with E-state index in [1.165, 1.54) is 10.9 Å². The van der Waals surface area contributed by atoms with E-state index >= 15 is 0 Å². The Morgan fingerprint density at radius 2 is 1.64 bits per heavy atom. The molecule has 3 aromatic carbocycles. The Morgan fingerprint density at radius 1 is 0.920 bits per heavy atom. The topological polar surface area (TPSA) is 41.1 Å². The van der Waals surface area contributed by atoms with Crippen LogP contribution in [0, 0.1) is 0 Å². The van der Waals surface area contributed by atoms with Crippen LogP contribution in [-0.4, -0.2) is 18.5 Å². The zero-order chi connectivity index (χ0) is 17.5. The highest BCUT2D eigenvalue weighted by atomic mass is 16.1. The van der Waals surface area contributed by atoms with Crippen molar-refractivity contribution in [3.05, 3.63) is 78.4 Å². The molecular formula is C22H24N2O. The summed E-state index contributed by atoms with van der Waals surface area (Å²) in [6.07, 6.45) is 1.43. The normalized spacial score (nSPS) is 12.0. The van der Waals surface area contributed by atoms with Crippen LogP contribution in [0.15, 0.2) is 72.8 Å². The van der Waals surface area contributed by atoms with Crippen LogP contribution < -0.4 is 10.6 Å². The Morgan fingerprint density at radius 3 is 2.44 bits per heavy atom. The number of anilines is 1. The number of benzene rings is 3. The third kappa shape index (κ3) is 5.16. The van der Waals surface area contributed by atoms with Crippen LogP contribution in [-0.2, 0) is 11.2 Å². The Hall–Kier alpha value is -2.65. The molecule has 0 aliphatic carbocycles. The molecule has 1 amide bonds. The zero-order valence-electron chi connectivity index (χ0n) is 14.5. The molecular weight excluding hydrogens is 308 g/mol. The Bertz CT molecular complexity index is 830. The summed E-state index contributed by atoms with van der Waals surface area (Å²) in [6.45, 7) is 2.82. The molecule has 0 aliphatic heterocycles. The SMILES string of the molecule is CC(Cc1ccccc1)NCCC(=O)Nc1ccc2ccccc2c1. The van der Waals surface area contributed by atoms with Gasteiger partial charge in [0, 0.05) is 24.7 Å². The fourth-order valence-electron chi connectivity index (χ4n) is 2.96. The van der Waals surface area contributed by atoms with E-state index in [2.05, 4.69) is 54.0 Å². The predicted octanol–water partition coefficient (Wildman–Crippen LogP) is 4.39. The second-order valence-electron chi connectivity index (χ2n) is 6.41. The van der Waals surface area contributed by atoms with Crippen LogP contribution in [0.25, 0.3) is 10.8 Å². The largest absolute Gasteiger partial charge is 0.326 e. The molecule has 3 heteroatoms. The van der Waals surface area contributed by atoms with E-state index in [9.17, 15) is 4.79 Å². The third-order valence-corrected chi connectivity index (χ3v) is 4.26. The van der Waals surface area contributed by atoms with Crippen molar-refractivity contribution < 1.29 is 4.79 Å². The molecule has 3 aromatic rings. The van der Waals surface area contributed by atoms with Crippen molar-refractivity contribution in [3.8, 4) is 0 Å². The van der Waals surface area contributed by atoms with Crippen molar-refractivity contribution in [1.82, 2.24) is 5.32 Å². The highest BCUT2D eigenvalue weighted by Gasteiger charge is 2.06. The van der Waals surface area contributed by atoms with Crippen LogP contribution in [0.5, 0.6) is 0 Å². The van der Waals surface area contributed by atoms with E-state index in [4.69, 9.17) is 0 Å². The van der Waals surface area contributed by atoms with Gasteiger partial charge >= 0.3 is 0 Å². The second kappa shape index (κ2) is 8.45. The van der Waals surface area contributed by atoms with Gasteiger partial charge in [0.1, 0.15) is 0 Å². The van der Waals surface area contributed by atoms with Crippen LogP contribution >= 0.6 is 0 Å². The average Bonchev–Trinajstić information content (AvgIpc) is 2.62. The van der Waals surface area contributed by atoms with E-state index in [-0.39, 0.29) is 5.91 Å². The lowest BCUT2D eigenvalue weighted by molar-refractivity contribution is -0.116. The number of fused-ring (bicyclic) bond motifs is 1. The molecule has 0 saturated carbocycles. The summed E-state index contributed by atoms with van der Waals surface area (Å²) in [7, 11) is 0. The summed E-state index contributed by atoms with van der Waals surface area (Å²) in [6, 6.07) is 24.9. The van der Waals surface area contributed by atoms with Gasteiger partial charge in [-0.25, -0.2) is 0 Å². The average molecular weight is 332 g/mol. The highest BCUT2D eigenvalue weighted by Crippen LogP contribution is 2.18. The zero-order valence-corrected chi connectivity index (χ0v) is 14.5. The van der Waals surface area contributed by atoms with Gasteiger partial charge < -0.3 is 10.6 Å². The molecule has 0 heterocycles. The minimum Gasteiger partial charge on any atom is -0.326 e. The molecule has 0 fully saturated rings.